The van der Waals surface area contributed by atoms with Crippen molar-refractivity contribution in [1.82, 2.24) is 10.2 Å². The Balaban J connectivity index is 1.29. The van der Waals surface area contributed by atoms with Gasteiger partial charge in [-0.05, 0) is 49.4 Å². The zero-order valence-corrected chi connectivity index (χ0v) is 12.5. The molecule has 3 heterocycles. The standard InChI is InChI=1S/C17H24FN3/c18-14-1-4-16(5-2-14)21-9-7-20(8-10-21)12-13-11-15-3-6-17(13)19-15/h1-2,4-5,13,15,17,19H,3,6-12H2. The summed E-state index contributed by atoms with van der Waals surface area (Å²) in [5.41, 5.74) is 1.15. The van der Waals surface area contributed by atoms with E-state index < -0.39 is 0 Å². The van der Waals surface area contributed by atoms with Gasteiger partial charge < -0.3 is 10.2 Å². The molecule has 21 heavy (non-hydrogen) atoms. The molecule has 1 aromatic carbocycles. The summed E-state index contributed by atoms with van der Waals surface area (Å²) in [6.07, 6.45) is 4.15. The van der Waals surface area contributed by atoms with E-state index in [0.29, 0.717) is 0 Å². The number of nitrogens with one attached hydrogen (secondary N) is 1. The van der Waals surface area contributed by atoms with E-state index in [9.17, 15) is 4.39 Å². The van der Waals surface area contributed by atoms with E-state index in [1.165, 1.54) is 25.8 Å². The van der Waals surface area contributed by atoms with Crippen LogP contribution in [0.5, 0.6) is 0 Å². The average Bonchev–Trinajstić information content (AvgIpc) is 3.12. The summed E-state index contributed by atoms with van der Waals surface area (Å²) in [6.45, 7) is 5.63. The molecule has 3 fully saturated rings. The van der Waals surface area contributed by atoms with Crippen LogP contribution in [0.1, 0.15) is 19.3 Å². The predicted octanol–water partition coefficient (Wildman–Crippen LogP) is 2.09. The number of benzene rings is 1. The van der Waals surface area contributed by atoms with Gasteiger partial charge >= 0.3 is 0 Å². The SMILES string of the molecule is Fc1ccc(N2CCN(CC3CC4CCC3N4)CC2)cc1. The molecule has 1 aromatic rings. The summed E-state index contributed by atoms with van der Waals surface area (Å²) in [7, 11) is 0. The number of nitrogens with zero attached hydrogens (tertiary/aromatic N) is 2. The maximum absolute atomic E-state index is 13.0. The molecule has 0 saturated carbocycles. The van der Waals surface area contributed by atoms with Crippen molar-refractivity contribution in [3.05, 3.63) is 30.1 Å². The molecule has 3 unspecified atom stereocenters. The molecular weight excluding hydrogens is 265 g/mol. The molecule has 4 heteroatoms. The lowest BCUT2D eigenvalue weighted by Gasteiger charge is -2.38. The zero-order chi connectivity index (χ0) is 14.2. The Morgan fingerprint density at radius 2 is 1.81 bits per heavy atom. The predicted molar refractivity (Wildman–Crippen MR) is 83.1 cm³/mol. The first-order valence-corrected chi connectivity index (χ1v) is 8.27. The van der Waals surface area contributed by atoms with Gasteiger partial charge in [0.25, 0.3) is 0 Å². The molecule has 3 atom stereocenters. The normalized spacial score (nSPS) is 32.8. The van der Waals surface area contributed by atoms with Crippen LogP contribution in [0.15, 0.2) is 24.3 Å². The van der Waals surface area contributed by atoms with E-state index in [1.807, 2.05) is 12.1 Å². The van der Waals surface area contributed by atoms with Crippen molar-refractivity contribution in [2.45, 2.75) is 31.3 Å². The summed E-state index contributed by atoms with van der Waals surface area (Å²) in [5.74, 6) is 0.710. The van der Waals surface area contributed by atoms with E-state index >= 15 is 0 Å². The molecule has 3 nitrogen and oxygen atoms in total. The van der Waals surface area contributed by atoms with Gasteiger partial charge in [0.2, 0.25) is 0 Å². The number of hydrogen-bond donors (Lipinski definition) is 1. The van der Waals surface area contributed by atoms with E-state index in [1.54, 1.807) is 12.1 Å². The van der Waals surface area contributed by atoms with Crippen molar-refractivity contribution >= 4 is 5.69 Å². The Labute approximate surface area is 126 Å². The van der Waals surface area contributed by atoms with Gasteiger partial charge in [-0.15, -0.1) is 0 Å². The molecule has 3 saturated heterocycles. The summed E-state index contributed by atoms with van der Waals surface area (Å²) in [6, 6.07) is 8.49. The van der Waals surface area contributed by atoms with Crippen molar-refractivity contribution in [2.24, 2.45) is 5.92 Å². The molecule has 3 aliphatic rings. The summed E-state index contributed by atoms with van der Waals surface area (Å²) < 4.78 is 13.0. The number of hydrogen-bond acceptors (Lipinski definition) is 3. The highest BCUT2D eigenvalue weighted by Crippen LogP contribution is 2.33. The van der Waals surface area contributed by atoms with Gasteiger partial charge in [0.05, 0.1) is 0 Å². The molecule has 1 N–H and O–H groups in total. The number of fused-ring (bicyclic) bond motifs is 2. The fourth-order valence-electron chi connectivity index (χ4n) is 4.31. The van der Waals surface area contributed by atoms with Crippen LogP contribution in [0.2, 0.25) is 0 Å². The van der Waals surface area contributed by atoms with Crippen molar-refractivity contribution < 1.29 is 4.39 Å². The van der Waals surface area contributed by atoms with Crippen molar-refractivity contribution in [1.29, 1.82) is 0 Å². The van der Waals surface area contributed by atoms with Crippen LogP contribution in [-0.2, 0) is 0 Å². The number of piperazine rings is 1. The molecule has 0 radical (unpaired) electrons. The van der Waals surface area contributed by atoms with Crippen LogP contribution in [0.4, 0.5) is 10.1 Å². The second-order valence-corrected chi connectivity index (χ2v) is 6.81. The van der Waals surface area contributed by atoms with Crippen LogP contribution >= 0.6 is 0 Å². The lowest BCUT2D eigenvalue weighted by Crippen LogP contribution is -2.48. The minimum absolute atomic E-state index is 0.152. The smallest absolute Gasteiger partial charge is 0.123 e. The molecule has 3 aliphatic heterocycles. The van der Waals surface area contributed by atoms with Gasteiger partial charge in [0.1, 0.15) is 5.82 Å². The van der Waals surface area contributed by atoms with E-state index in [2.05, 4.69) is 15.1 Å². The van der Waals surface area contributed by atoms with Crippen LogP contribution in [0.25, 0.3) is 0 Å². The van der Waals surface area contributed by atoms with Gasteiger partial charge in [-0.2, -0.15) is 0 Å². The van der Waals surface area contributed by atoms with Crippen LogP contribution in [0.3, 0.4) is 0 Å². The quantitative estimate of drug-likeness (QED) is 0.919. The highest BCUT2D eigenvalue weighted by molar-refractivity contribution is 5.46. The summed E-state index contributed by atoms with van der Waals surface area (Å²) >= 11 is 0. The summed E-state index contributed by atoms with van der Waals surface area (Å²) in [4.78, 5) is 4.99. The maximum atomic E-state index is 13.0. The van der Waals surface area contributed by atoms with E-state index in [-0.39, 0.29) is 5.82 Å². The third kappa shape index (κ3) is 2.79. The Kier molecular flexibility index (Phi) is 3.59. The second-order valence-electron chi connectivity index (χ2n) is 6.81. The van der Waals surface area contributed by atoms with Crippen LogP contribution in [-0.4, -0.2) is 49.7 Å². The van der Waals surface area contributed by atoms with Gasteiger partial charge in [0, 0.05) is 50.5 Å². The van der Waals surface area contributed by atoms with Gasteiger partial charge in [0.15, 0.2) is 0 Å². The number of anilines is 1. The monoisotopic (exact) mass is 289 g/mol. The molecule has 4 rings (SSSR count). The van der Waals surface area contributed by atoms with Gasteiger partial charge in [-0.25, -0.2) is 4.39 Å². The highest BCUT2D eigenvalue weighted by atomic mass is 19.1. The Morgan fingerprint density at radius 3 is 2.43 bits per heavy atom. The minimum Gasteiger partial charge on any atom is -0.369 e. The molecule has 0 aliphatic carbocycles. The third-order valence-electron chi connectivity index (χ3n) is 5.49. The summed E-state index contributed by atoms with van der Waals surface area (Å²) in [5, 5.41) is 3.73. The largest absolute Gasteiger partial charge is 0.369 e. The van der Waals surface area contributed by atoms with E-state index in [0.717, 1.165) is 49.9 Å². The first-order chi connectivity index (χ1) is 10.3. The van der Waals surface area contributed by atoms with Gasteiger partial charge in [-0.1, -0.05) is 0 Å². The average molecular weight is 289 g/mol. The first-order valence-electron chi connectivity index (χ1n) is 8.27. The van der Waals surface area contributed by atoms with Crippen molar-refractivity contribution in [3.8, 4) is 0 Å². The number of rotatable bonds is 3. The molecule has 0 spiro atoms. The molecular formula is C17H24FN3. The number of halogens is 1. The Bertz CT molecular complexity index is 481. The van der Waals surface area contributed by atoms with Crippen LogP contribution < -0.4 is 10.2 Å². The van der Waals surface area contributed by atoms with Crippen LogP contribution in [0, 0.1) is 11.7 Å². The Morgan fingerprint density at radius 1 is 1.05 bits per heavy atom. The Hall–Kier alpha value is -1.13. The van der Waals surface area contributed by atoms with Gasteiger partial charge in [-0.3, -0.25) is 4.90 Å². The molecule has 114 valence electrons. The lowest BCUT2D eigenvalue weighted by molar-refractivity contribution is 0.201. The highest BCUT2D eigenvalue weighted by Gasteiger charge is 2.39. The maximum Gasteiger partial charge on any atom is 0.123 e. The minimum atomic E-state index is -0.152. The third-order valence-corrected chi connectivity index (χ3v) is 5.49. The molecule has 0 aromatic heterocycles. The molecule has 2 bridgehead atoms. The first kappa shape index (κ1) is 13.5. The second kappa shape index (κ2) is 5.58. The fourth-order valence-corrected chi connectivity index (χ4v) is 4.31. The topological polar surface area (TPSA) is 18.5 Å². The molecule has 0 amide bonds. The fraction of sp³-hybridized carbons (Fsp3) is 0.647. The van der Waals surface area contributed by atoms with Crippen molar-refractivity contribution in [2.75, 3.05) is 37.6 Å². The zero-order valence-electron chi connectivity index (χ0n) is 12.5. The lowest BCUT2D eigenvalue weighted by atomic mass is 9.88. The van der Waals surface area contributed by atoms with E-state index in [4.69, 9.17) is 0 Å². The van der Waals surface area contributed by atoms with Crippen molar-refractivity contribution in [3.63, 3.8) is 0 Å².